The average Bonchev–Trinajstić information content (AvgIpc) is 2.73. The van der Waals surface area contributed by atoms with E-state index in [0.29, 0.717) is 11.3 Å². The number of benzene rings is 2. The van der Waals surface area contributed by atoms with Crippen molar-refractivity contribution in [2.45, 2.75) is 17.9 Å². The molecule has 1 unspecified atom stereocenters. The topological polar surface area (TPSA) is 79.4 Å². The maximum atomic E-state index is 12.9. The van der Waals surface area contributed by atoms with Crippen molar-refractivity contribution in [2.75, 3.05) is 11.8 Å². The summed E-state index contributed by atoms with van der Waals surface area (Å²) < 4.78 is 28.5. The molecule has 1 heterocycles. The fourth-order valence-electron chi connectivity index (χ4n) is 2.79. The van der Waals surface area contributed by atoms with Crippen LogP contribution >= 0.6 is 15.9 Å². The van der Waals surface area contributed by atoms with Crippen molar-refractivity contribution in [1.29, 1.82) is 0 Å². The van der Waals surface area contributed by atoms with Gasteiger partial charge < -0.3 is 4.90 Å². The Hall–Kier alpha value is -2.71. The molecule has 0 aliphatic carbocycles. The monoisotopic (exact) mass is 473 g/mol. The Morgan fingerprint density at radius 3 is 2.38 bits per heavy atom. The highest BCUT2D eigenvalue weighted by Crippen LogP contribution is 2.23. The van der Waals surface area contributed by atoms with E-state index in [4.69, 9.17) is 0 Å². The van der Waals surface area contributed by atoms with E-state index in [1.165, 1.54) is 18.2 Å². The number of anilines is 1. The Kier molecular flexibility index (Phi) is 6.34. The summed E-state index contributed by atoms with van der Waals surface area (Å²) in [5.74, 6) is -0.209. The molecule has 3 aromatic rings. The molecule has 29 heavy (non-hydrogen) atoms. The fourth-order valence-corrected chi connectivity index (χ4v) is 4.10. The van der Waals surface area contributed by atoms with Gasteiger partial charge in [0.25, 0.3) is 15.9 Å². The van der Waals surface area contributed by atoms with Crippen molar-refractivity contribution >= 4 is 37.5 Å². The third-order valence-electron chi connectivity index (χ3n) is 4.58. The summed E-state index contributed by atoms with van der Waals surface area (Å²) in [4.78, 5) is 18.7. The number of rotatable bonds is 6. The maximum absolute atomic E-state index is 12.9. The van der Waals surface area contributed by atoms with Crippen molar-refractivity contribution in [3.63, 3.8) is 0 Å². The minimum absolute atomic E-state index is 0.140. The molecule has 8 heteroatoms. The standard InChI is InChI=1S/C21H20BrN3O3S/c1-15(16-10-12-23-13-11-16)25(2)21(26)17-4-3-5-19(14-17)24-29(27,28)20-8-6-18(22)7-9-20/h3-15,24H,1-2H3. The van der Waals surface area contributed by atoms with E-state index < -0.39 is 10.0 Å². The molecule has 0 spiro atoms. The highest BCUT2D eigenvalue weighted by Gasteiger charge is 2.20. The number of hydrogen-bond donors (Lipinski definition) is 1. The summed E-state index contributed by atoms with van der Waals surface area (Å²) >= 11 is 3.29. The number of carbonyl (C=O) groups is 1. The molecule has 0 radical (unpaired) electrons. The van der Waals surface area contributed by atoms with Crippen molar-refractivity contribution in [1.82, 2.24) is 9.88 Å². The lowest BCUT2D eigenvalue weighted by atomic mass is 10.1. The molecule has 0 bridgehead atoms. The maximum Gasteiger partial charge on any atom is 0.261 e. The SMILES string of the molecule is CC(c1ccncc1)N(C)C(=O)c1cccc(NS(=O)(=O)c2ccc(Br)cc2)c1. The lowest BCUT2D eigenvalue weighted by Crippen LogP contribution is -2.29. The molecule has 3 rings (SSSR count). The number of nitrogens with zero attached hydrogens (tertiary/aromatic N) is 2. The third-order valence-corrected chi connectivity index (χ3v) is 6.50. The molecule has 6 nitrogen and oxygen atoms in total. The lowest BCUT2D eigenvalue weighted by molar-refractivity contribution is 0.0742. The van der Waals surface area contributed by atoms with Crippen LogP contribution in [-0.4, -0.2) is 31.3 Å². The molecule has 0 saturated carbocycles. The van der Waals surface area contributed by atoms with Gasteiger partial charge in [-0.05, 0) is 67.1 Å². The Balaban J connectivity index is 1.80. The van der Waals surface area contributed by atoms with Gasteiger partial charge in [0.2, 0.25) is 0 Å². The molecular weight excluding hydrogens is 454 g/mol. The molecule has 2 aromatic carbocycles. The van der Waals surface area contributed by atoms with E-state index in [-0.39, 0.29) is 16.8 Å². The first-order valence-electron chi connectivity index (χ1n) is 8.83. The second-order valence-corrected chi connectivity index (χ2v) is 9.11. The molecule has 0 aliphatic rings. The molecule has 1 aromatic heterocycles. The molecule has 1 amide bonds. The van der Waals surface area contributed by atoms with Crippen LogP contribution in [0.4, 0.5) is 5.69 Å². The summed E-state index contributed by atoms with van der Waals surface area (Å²) in [5, 5.41) is 0. The zero-order valence-corrected chi connectivity index (χ0v) is 18.3. The summed E-state index contributed by atoms with van der Waals surface area (Å²) in [6.07, 6.45) is 3.36. The first-order chi connectivity index (χ1) is 13.8. The molecule has 0 saturated heterocycles. The van der Waals surface area contributed by atoms with E-state index in [9.17, 15) is 13.2 Å². The van der Waals surface area contributed by atoms with Gasteiger partial charge in [0.05, 0.1) is 10.9 Å². The van der Waals surface area contributed by atoms with Crippen molar-refractivity contribution in [2.24, 2.45) is 0 Å². The van der Waals surface area contributed by atoms with Gasteiger partial charge in [-0.3, -0.25) is 14.5 Å². The number of amides is 1. The molecule has 150 valence electrons. The van der Waals surface area contributed by atoms with Crippen LogP contribution < -0.4 is 4.72 Å². The van der Waals surface area contributed by atoms with Gasteiger partial charge in [-0.25, -0.2) is 8.42 Å². The second-order valence-electron chi connectivity index (χ2n) is 6.51. The van der Waals surface area contributed by atoms with Crippen molar-refractivity contribution in [3.05, 3.63) is 88.7 Å². The lowest BCUT2D eigenvalue weighted by Gasteiger charge is -2.25. The smallest absolute Gasteiger partial charge is 0.261 e. The fraction of sp³-hybridized carbons (Fsp3) is 0.143. The van der Waals surface area contributed by atoms with Crippen LogP contribution in [0.15, 0.2) is 82.4 Å². The number of pyridine rings is 1. The number of hydrogen-bond acceptors (Lipinski definition) is 4. The van der Waals surface area contributed by atoms with Crippen molar-refractivity contribution in [3.8, 4) is 0 Å². The van der Waals surface area contributed by atoms with Crippen LogP contribution in [0.3, 0.4) is 0 Å². The first kappa shape index (κ1) is 21.0. The quantitative estimate of drug-likeness (QED) is 0.572. The molecule has 0 aliphatic heterocycles. The minimum Gasteiger partial charge on any atom is -0.335 e. The summed E-state index contributed by atoms with van der Waals surface area (Å²) in [5.41, 5.74) is 1.68. The first-order valence-corrected chi connectivity index (χ1v) is 11.1. The predicted octanol–water partition coefficient (Wildman–Crippen LogP) is 4.48. The van der Waals surface area contributed by atoms with Crippen LogP contribution in [0.5, 0.6) is 0 Å². The Labute approximate surface area is 178 Å². The Morgan fingerprint density at radius 1 is 1.07 bits per heavy atom. The number of sulfonamides is 1. The zero-order chi connectivity index (χ0) is 21.0. The van der Waals surface area contributed by atoms with Gasteiger partial charge in [0.1, 0.15) is 0 Å². The molecule has 1 N–H and O–H groups in total. The van der Waals surface area contributed by atoms with Gasteiger partial charge in [-0.2, -0.15) is 0 Å². The highest BCUT2D eigenvalue weighted by atomic mass is 79.9. The Bertz CT molecular complexity index is 1100. The van der Waals surface area contributed by atoms with Gasteiger partial charge >= 0.3 is 0 Å². The normalized spacial score (nSPS) is 12.2. The van der Waals surface area contributed by atoms with Gasteiger partial charge in [-0.1, -0.05) is 22.0 Å². The molecule has 1 atom stereocenters. The predicted molar refractivity (Wildman–Crippen MR) is 116 cm³/mol. The van der Waals surface area contributed by atoms with E-state index in [2.05, 4.69) is 25.6 Å². The summed E-state index contributed by atoms with van der Waals surface area (Å²) in [7, 11) is -2.04. The Morgan fingerprint density at radius 2 is 1.72 bits per heavy atom. The number of aromatic nitrogens is 1. The summed E-state index contributed by atoms with van der Waals surface area (Å²) in [6.45, 7) is 1.92. The van der Waals surface area contributed by atoms with Crippen LogP contribution in [-0.2, 0) is 10.0 Å². The number of nitrogens with one attached hydrogen (secondary N) is 1. The van der Waals surface area contributed by atoms with E-state index in [0.717, 1.165) is 10.0 Å². The van der Waals surface area contributed by atoms with Crippen molar-refractivity contribution < 1.29 is 13.2 Å². The zero-order valence-electron chi connectivity index (χ0n) is 15.9. The second kappa shape index (κ2) is 8.75. The van der Waals surface area contributed by atoms with E-state index >= 15 is 0 Å². The van der Waals surface area contributed by atoms with Crippen LogP contribution in [0.2, 0.25) is 0 Å². The minimum atomic E-state index is -3.75. The third kappa shape index (κ3) is 5.02. The van der Waals surface area contributed by atoms with Crippen LogP contribution in [0, 0.1) is 0 Å². The van der Waals surface area contributed by atoms with Crippen LogP contribution in [0.25, 0.3) is 0 Å². The largest absolute Gasteiger partial charge is 0.335 e. The van der Waals surface area contributed by atoms with Gasteiger partial charge in [0, 0.05) is 35.2 Å². The molecule has 0 fully saturated rings. The average molecular weight is 474 g/mol. The molecular formula is C21H20BrN3O3S. The number of halogens is 1. The number of carbonyl (C=O) groups excluding carboxylic acids is 1. The van der Waals surface area contributed by atoms with E-state index in [1.807, 2.05) is 19.1 Å². The van der Waals surface area contributed by atoms with Gasteiger partial charge in [0.15, 0.2) is 0 Å². The summed E-state index contributed by atoms with van der Waals surface area (Å²) in [6, 6.07) is 16.3. The van der Waals surface area contributed by atoms with Gasteiger partial charge in [-0.15, -0.1) is 0 Å². The van der Waals surface area contributed by atoms with E-state index in [1.54, 1.807) is 54.7 Å². The van der Waals surface area contributed by atoms with Crippen LogP contribution in [0.1, 0.15) is 28.9 Å². The highest BCUT2D eigenvalue weighted by molar-refractivity contribution is 9.10.